The second kappa shape index (κ2) is 6.14. The Morgan fingerprint density at radius 2 is 2.08 bits per heavy atom. The van der Waals surface area contributed by atoms with Crippen LogP contribution in [0.25, 0.3) is 27.9 Å². The summed E-state index contributed by atoms with van der Waals surface area (Å²) in [4.78, 5) is 17.9. The van der Waals surface area contributed by atoms with Crippen molar-refractivity contribution in [1.82, 2.24) is 20.1 Å². The lowest BCUT2D eigenvalue weighted by Crippen LogP contribution is -2.43. The summed E-state index contributed by atoms with van der Waals surface area (Å²) in [6, 6.07) is 3.32. The van der Waals surface area contributed by atoms with Crippen molar-refractivity contribution in [3.8, 4) is 11.3 Å². The zero-order chi connectivity index (χ0) is 17.7. The van der Waals surface area contributed by atoms with E-state index in [0.29, 0.717) is 22.3 Å². The van der Waals surface area contributed by atoms with Crippen molar-refractivity contribution in [2.24, 2.45) is 0 Å². The highest BCUT2D eigenvalue weighted by atomic mass is 32.2. The van der Waals surface area contributed by atoms with Crippen LogP contribution in [-0.2, 0) is 0 Å². The number of benzene rings is 1. The number of nitrogens with zero attached hydrogens (tertiary/aromatic N) is 3. The maximum atomic E-state index is 14.8. The third kappa shape index (κ3) is 2.44. The van der Waals surface area contributed by atoms with Crippen molar-refractivity contribution in [3.05, 3.63) is 39.9 Å². The van der Waals surface area contributed by atoms with Crippen LogP contribution in [0.5, 0.6) is 0 Å². The van der Waals surface area contributed by atoms with E-state index in [1.807, 2.05) is 16.4 Å². The summed E-state index contributed by atoms with van der Waals surface area (Å²) in [5.74, 6) is 0.679. The standard InChI is InChI=1S/C18H18FN5OS/c19-14-7-12-15(8-16(14)23-4-2-20-3-5-23)21-9-13-17(12)22-24(18(13)25)11-1-6-26-10-11/h7-10,20-21H,1-6H2. The van der Waals surface area contributed by atoms with Gasteiger partial charge in [0.1, 0.15) is 11.5 Å². The molecule has 5 rings (SSSR count). The molecule has 1 aromatic carbocycles. The smallest absolute Gasteiger partial charge is 0.282 e. The number of aromatic amines is 1. The Bertz CT molecular complexity index is 1050. The number of H-pyrrole nitrogens is 1. The number of hydrogen-bond donors (Lipinski definition) is 2. The molecule has 0 amide bonds. The molecule has 2 N–H and O–H groups in total. The van der Waals surface area contributed by atoms with Crippen molar-refractivity contribution in [2.75, 3.05) is 36.8 Å². The van der Waals surface area contributed by atoms with Crippen LogP contribution >= 0.6 is 11.8 Å². The van der Waals surface area contributed by atoms with Gasteiger partial charge in [0, 0.05) is 49.0 Å². The first kappa shape index (κ1) is 15.9. The molecule has 1 fully saturated rings. The van der Waals surface area contributed by atoms with E-state index in [2.05, 4.69) is 15.4 Å². The van der Waals surface area contributed by atoms with Gasteiger partial charge < -0.3 is 15.2 Å². The number of thioether (sulfide) groups is 1. The fourth-order valence-corrected chi connectivity index (χ4v) is 4.50. The molecule has 0 spiro atoms. The summed E-state index contributed by atoms with van der Waals surface area (Å²) in [5.41, 5.74) is 3.16. The number of hydrogen-bond acceptors (Lipinski definition) is 5. The predicted molar refractivity (Wildman–Crippen MR) is 103 cm³/mol. The molecule has 8 heteroatoms. The second-order valence-electron chi connectivity index (χ2n) is 6.58. The number of anilines is 1. The monoisotopic (exact) mass is 371 g/mol. The molecule has 0 saturated carbocycles. The lowest BCUT2D eigenvalue weighted by molar-refractivity contribution is 0.567. The van der Waals surface area contributed by atoms with Gasteiger partial charge in [0.25, 0.3) is 5.56 Å². The summed E-state index contributed by atoms with van der Waals surface area (Å²) >= 11 is 1.68. The minimum Gasteiger partial charge on any atom is -0.367 e. The first-order valence-electron chi connectivity index (χ1n) is 8.73. The van der Waals surface area contributed by atoms with Crippen LogP contribution in [-0.4, -0.2) is 46.7 Å². The van der Waals surface area contributed by atoms with Gasteiger partial charge in [-0.1, -0.05) is 0 Å². The first-order chi connectivity index (χ1) is 12.7. The van der Waals surface area contributed by atoms with Gasteiger partial charge in [-0.15, -0.1) is 11.8 Å². The highest BCUT2D eigenvalue weighted by molar-refractivity contribution is 8.02. The molecule has 0 unspecified atom stereocenters. The van der Waals surface area contributed by atoms with Crippen molar-refractivity contribution in [2.45, 2.75) is 6.42 Å². The summed E-state index contributed by atoms with van der Waals surface area (Å²) in [6.45, 7) is 3.24. The first-order valence-corrected chi connectivity index (χ1v) is 9.77. The van der Waals surface area contributed by atoms with Crippen molar-refractivity contribution in [1.29, 1.82) is 0 Å². The number of pyridine rings is 1. The number of halogens is 1. The number of allylic oxidation sites excluding steroid dienone is 1. The van der Waals surface area contributed by atoms with Crippen LogP contribution in [0.15, 0.2) is 28.5 Å². The van der Waals surface area contributed by atoms with E-state index in [9.17, 15) is 9.18 Å². The molecule has 0 radical (unpaired) electrons. The van der Waals surface area contributed by atoms with Crippen molar-refractivity contribution >= 4 is 34.0 Å². The molecule has 4 aliphatic rings. The van der Waals surface area contributed by atoms with Crippen molar-refractivity contribution < 1.29 is 4.39 Å². The van der Waals surface area contributed by atoms with Gasteiger partial charge in [-0.2, -0.15) is 9.78 Å². The van der Waals surface area contributed by atoms with Crippen molar-refractivity contribution in [3.63, 3.8) is 0 Å². The normalized spacial score (nSPS) is 18.0. The van der Waals surface area contributed by atoms with Gasteiger partial charge >= 0.3 is 0 Å². The van der Waals surface area contributed by atoms with Crippen LogP contribution < -0.4 is 15.8 Å². The predicted octanol–water partition coefficient (Wildman–Crippen LogP) is 2.31. The summed E-state index contributed by atoms with van der Waals surface area (Å²) < 4.78 is 16.3. The Kier molecular flexibility index (Phi) is 3.75. The Balaban J connectivity index is 1.68. The van der Waals surface area contributed by atoms with Gasteiger partial charge in [0.2, 0.25) is 0 Å². The molecule has 0 aliphatic carbocycles. The van der Waals surface area contributed by atoms with Crippen LogP contribution in [0.2, 0.25) is 0 Å². The number of aromatic nitrogens is 3. The maximum Gasteiger partial charge on any atom is 0.282 e. The zero-order valence-corrected chi connectivity index (χ0v) is 14.9. The fraction of sp³-hybridized carbons (Fsp3) is 0.333. The van der Waals surface area contributed by atoms with Gasteiger partial charge in [0.05, 0.1) is 16.9 Å². The lowest BCUT2D eigenvalue weighted by Gasteiger charge is -2.29. The zero-order valence-electron chi connectivity index (χ0n) is 14.1. The third-order valence-electron chi connectivity index (χ3n) is 5.02. The number of nitrogens with one attached hydrogen (secondary N) is 2. The Labute approximate surface area is 153 Å². The minimum atomic E-state index is -0.280. The maximum absolute atomic E-state index is 14.8. The average Bonchev–Trinajstić information content (AvgIpc) is 3.30. The summed E-state index contributed by atoms with van der Waals surface area (Å²) in [7, 11) is 0. The van der Waals surface area contributed by atoms with E-state index in [-0.39, 0.29) is 11.4 Å². The lowest BCUT2D eigenvalue weighted by atomic mass is 10.1. The molecule has 4 heterocycles. The van der Waals surface area contributed by atoms with E-state index < -0.39 is 0 Å². The highest BCUT2D eigenvalue weighted by Gasteiger charge is 2.23. The number of fused-ring (bicyclic) bond motifs is 3. The van der Waals surface area contributed by atoms with Crippen LogP contribution in [0.4, 0.5) is 10.1 Å². The van der Waals surface area contributed by atoms with Gasteiger partial charge in [-0.05, 0) is 24.0 Å². The average molecular weight is 371 g/mol. The molecule has 26 heavy (non-hydrogen) atoms. The topological polar surface area (TPSA) is 66.0 Å². The highest BCUT2D eigenvalue weighted by Crippen LogP contribution is 2.32. The number of rotatable bonds is 2. The molecule has 4 aliphatic heterocycles. The van der Waals surface area contributed by atoms with E-state index in [4.69, 9.17) is 0 Å². The molecular weight excluding hydrogens is 353 g/mol. The SMILES string of the molecule is O=c1c2c[nH]c3cc(N4CCNCC4)c(F)cc3c-2nn1C1=CSCC1. The van der Waals surface area contributed by atoms with E-state index in [0.717, 1.165) is 49.6 Å². The molecule has 0 atom stereocenters. The Hall–Kier alpha value is -2.32. The molecule has 1 aromatic rings. The summed E-state index contributed by atoms with van der Waals surface area (Å²) in [5, 5.41) is 10.4. The second-order valence-corrected chi connectivity index (χ2v) is 7.56. The van der Waals surface area contributed by atoms with Crippen LogP contribution in [0.3, 0.4) is 0 Å². The minimum absolute atomic E-state index is 0.154. The summed E-state index contributed by atoms with van der Waals surface area (Å²) in [6.07, 6.45) is 2.50. The van der Waals surface area contributed by atoms with Gasteiger partial charge in [-0.3, -0.25) is 4.79 Å². The largest absolute Gasteiger partial charge is 0.367 e. The molecule has 0 aromatic heterocycles. The number of piperazine rings is 1. The quantitative estimate of drug-likeness (QED) is 0.724. The molecule has 134 valence electrons. The molecular formula is C18H18FN5OS. The van der Waals surface area contributed by atoms with Gasteiger partial charge in [0.15, 0.2) is 0 Å². The molecule has 6 nitrogen and oxygen atoms in total. The fourth-order valence-electron chi connectivity index (χ4n) is 3.65. The molecule has 1 saturated heterocycles. The van der Waals surface area contributed by atoms with Gasteiger partial charge in [-0.25, -0.2) is 4.39 Å². The van der Waals surface area contributed by atoms with E-state index in [1.54, 1.807) is 18.0 Å². The van der Waals surface area contributed by atoms with Crippen LogP contribution in [0, 0.1) is 5.82 Å². The Morgan fingerprint density at radius 3 is 2.85 bits per heavy atom. The van der Waals surface area contributed by atoms with Crippen LogP contribution in [0.1, 0.15) is 6.42 Å². The van der Waals surface area contributed by atoms with E-state index in [1.165, 1.54) is 10.7 Å². The third-order valence-corrected chi connectivity index (χ3v) is 5.90. The van der Waals surface area contributed by atoms with E-state index >= 15 is 0 Å². The Morgan fingerprint density at radius 1 is 1.23 bits per heavy atom. The molecule has 0 bridgehead atoms.